The monoisotopic (exact) mass is 402 g/mol. The highest BCUT2D eigenvalue weighted by Crippen LogP contribution is 2.27. The highest BCUT2D eigenvalue weighted by atomic mass is 35.5. The van der Waals surface area contributed by atoms with Crippen LogP contribution in [0.5, 0.6) is 5.75 Å². The summed E-state index contributed by atoms with van der Waals surface area (Å²) in [6.07, 6.45) is 1.53. The molecule has 3 aromatic rings. The number of carbonyl (C=O) groups is 1. The zero-order valence-corrected chi connectivity index (χ0v) is 15.9. The fourth-order valence-corrected chi connectivity index (χ4v) is 2.63. The van der Waals surface area contributed by atoms with Gasteiger partial charge >= 0.3 is 0 Å². The van der Waals surface area contributed by atoms with Crippen molar-refractivity contribution in [1.82, 2.24) is 15.6 Å². The number of nitrogens with zero attached hydrogens (tertiary/aromatic N) is 2. The van der Waals surface area contributed by atoms with E-state index in [9.17, 15) is 4.79 Å². The van der Waals surface area contributed by atoms with E-state index in [-0.39, 0.29) is 5.69 Å². The van der Waals surface area contributed by atoms with Gasteiger partial charge in [-0.3, -0.25) is 9.89 Å². The van der Waals surface area contributed by atoms with Crippen LogP contribution >= 0.6 is 23.2 Å². The van der Waals surface area contributed by atoms with Crippen LogP contribution in [0.15, 0.2) is 53.6 Å². The number of hydrogen-bond donors (Lipinski definition) is 2. The molecular formula is C19H16Cl2N4O2. The molecule has 27 heavy (non-hydrogen) atoms. The van der Waals surface area contributed by atoms with Crippen LogP contribution in [-0.2, 0) is 0 Å². The molecule has 0 aliphatic rings. The number of benzene rings is 2. The summed E-state index contributed by atoms with van der Waals surface area (Å²) in [5, 5.41) is 11.7. The van der Waals surface area contributed by atoms with Gasteiger partial charge in [-0.15, -0.1) is 0 Å². The van der Waals surface area contributed by atoms with E-state index in [2.05, 4.69) is 20.7 Å². The number of halogens is 2. The van der Waals surface area contributed by atoms with Gasteiger partial charge in [0.2, 0.25) is 0 Å². The molecule has 138 valence electrons. The molecule has 8 heteroatoms. The fraction of sp³-hybridized carbons (Fsp3) is 0.105. The second kappa shape index (κ2) is 8.70. The first-order valence-corrected chi connectivity index (χ1v) is 8.90. The first kappa shape index (κ1) is 18.9. The number of aromatic amines is 1. The van der Waals surface area contributed by atoms with Crippen LogP contribution in [0.25, 0.3) is 11.3 Å². The third-order valence-electron chi connectivity index (χ3n) is 3.63. The number of hydrazone groups is 1. The van der Waals surface area contributed by atoms with Crippen LogP contribution < -0.4 is 10.2 Å². The molecule has 0 unspecified atom stereocenters. The second-order valence-electron chi connectivity index (χ2n) is 5.47. The molecule has 3 rings (SSSR count). The molecular weight excluding hydrogens is 387 g/mol. The summed E-state index contributed by atoms with van der Waals surface area (Å²) in [5.74, 6) is 0.278. The lowest BCUT2D eigenvalue weighted by Crippen LogP contribution is -2.18. The molecule has 0 saturated heterocycles. The zero-order valence-electron chi connectivity index (χ0n) is 14.4. The summed E-state index contributed by atoms with van der Waals surface area (Å²) >= 11 is 11.9. The number of para-hydroxylation sites is 1. The molecule has 0 fully saturated rings. The second-order valence-corrected chi connectivity index (χ2v) is 6.28. The smallest absolute Gasteiger partial charge is 0.289 e. The van der Waals surface area contributed by atoms with Gasteiger partial charge in [-0.25, -0.2) is 5.43 Å². The van der Waals surface area contributed by atoms with Crippen molar-refractivity contribution in [3.05, 3.63) is 69.8 Å². The molecule has 0 radical (unpaired) electrons. The summed E-state index contributed by atoms with van der Waals surface area (Å²) in [6, 6.07) is 14.2. The van der Waals surface area contributed by atoms with Gasteiger partial charge in [0.25, 0.3) is 5.91 Å². The number of ether oxygens (including phenoxy) is 1. The lowest BCUT2D eigenvalue weighted by Gasteiger charge is -2.05. The van der Waals surface area contributed by atoms with Crippen molar-refractivity contribution in [2.75, 3.05) is 6.61 Å². The van der Waals surface area contributed by atoms with Crippen molar-refractivity contribution < 1.29 is 9.53 Å². The van der Waals surface area contributed by atoms with Gasteiger partial charge in [0.15, 0.2) is 0 Å². The van der Waals surface area contributed by atoms with Crippen molar-refractivity contribution in [2.45, 2.75) is 6.92 Å². The van der Waals surface area contributed by atoms with Gasteiger partial charge in [0, 0.05) is 11.1 Å². The number of H-pyrrole nitrogens is 1. The van der Waals surface area contributed by atoms with Crippen LogP contribution in [0.4, 0.5) is 0 Å². The summed E-state index contributed by atoms with van der Waals surface area (Å²) in [6.45, 7) is 2.45. The largest absolute Gasteiger partial charge is 0.493 e. The SMILES string of the molecule is CCOc1ccccc1/C=N\NC(=O)c1cc(-c2ccc(Cl)c(Cl)c2)n[nH]1. The summed E-state index contributed by atoms with van der Waals surface area (Å²) < 4.78 is 5.51. The Hall–Kier alpha value is -2.83. The molecule has 0 bridgehead atoms. The van der Waals surface area contributed by atoms with Gasteiger partial charge in [-0.2, -0.15) is 10.2 Å². The number of carbonyl (C=O) groups excluding carboxylic acids is 1. The van der Waals surface area contributed by atoms with Crippen LogP contribution in [0, 0.1) is 0 Å². The van der Waals surface area contributed by atoms with E-state index in [4.69, 9.17) is 27.9 Å². The fourth-order valence-electron chi connectivity index (χ4n) is 2.34. The molecule has 0 spiro atoms. The Morgan fingerprint density at radius 3 is 2.81 bits per heavy atom. The maximum Gasteiger partial charge on any atom is 0.289 e. The van der Waals surface area contributed by atoms with Gasteiger partial charge in [-0.05, 0) is 37.3 Å². The van der Waals surface area contributed by atoms with Crippen LogP contribution in [0.2, 0.25) is 10.0 Å². The van der Waals surface area contributed by atoms with Gasteiger partial charge in [0.05, 0.1) is 28.6 Å². The first-order valence-electron chi connectivity index (χ1n) is 8.14. The standard InChI is InChI=1S/C19H16Cl2N4O2/c1-2-27-18-6-4-3-5-13(18)11-22-25-19(26)17-10-16(23-24-17)12-7-8-14(20)15(21)9-12/h3-11H,2H2,1H3,(H,23,24)(H,25,26)/b22-11-. The predicted molar refractivity (Wildman–Crippen MR) is 107 cm³/mol. The Morgan fingerprint density at radius 2 is 2.04 bits per heavy atom. The van der Waals surface area contributed by atoms with E-state index in [1.165, 1.54) is 6.21 Å². The summed E-state index contributed by atoms with van der Waals surface area (Å²) in [4.78, 5) is 12.2. The molecule has 1 aromatic heterocycles. The van der Waals surface area contributed by atoms with Gasteiger partial charge < -0.3 is 4.74 Å². The average Bonchev–Trinajstić information content (AvgIpc) is 3.16. The van der Waals surface area contributed by atoms with Crippen molar-refractivity contribution >= 4 is 35.3 Å². The molecule has 0 aliphatic carbocycles. The van der Waals surface area contributed by atoms with Crippen molar-refractivity contribution in [2.24, 2.45) is 5.10 Å². The highest BCUT2D eigenvalue weighted by molar-refractivity contribution is 6.42. The molecule has 6 nitrogen and oxygen atoms in total. The van der Waals surface area contributed by atoms with E-state index in [1.54, 1.807) is 24.3 Å². The maximum absolute atomic E-state index is 12.2. The molecule has 0 aliphatic heterocycles. The Morgan fingerprint density at radius 1 is 1.22 bits per heavy atom. The van der Waals surface area contributed by atoms with Crippen LogP contribution in [0.3, 0.4) is 0 Å². The Kier molecular flexibility index (Phi) is 6.11. The average molecular weight is 403 g/mol. The molecule has 2 N–H and O–H groups in total. The van der Waals surface area contributed by atoms with E-state index < -0.39 is 5.91 Å². The number of nitrogens with one attached hydrogen (secondary N) is 2. The van der Waals surface area contributed by atoms with E-state index in [1.807, 2.05) is 31.2 Å². The van der Waals surface area contributed by atoms with Gasteiger partial charge in [-0.1, -0.05) is 41.4 Å². The first-order chi connectivity index (χ1) is 13.1. The van der Waals surface area contributed by atoms with Crippen LogP contribution in [0.1, 0.15) is 23.0 Å². The minimum atomic E-state index is -0.418. The Bertz CT molecular complexity index is 985. The number of aromatic nitrogens is 2. The van der Waals surface area contributed by atoms with E-state index in [0.717, 1.165) is 11.1 Å². The predicted octanol–water partition coefficient (Wildman–Crippen LogP) is 4.55. The molecule has 2 aromatic carbocycles. The topological polar surface area (TPSA) is 79.4 Å². The van der Waals surface area contributed by atoms with Gasteiger partial charge in [0.1, 0.15) is 11.4 Å². The molecule has 0 saturated carbocycles. The minimum absolute atomic E-state index is 0.270. The van der Waals surface area contributed by atoms with E-state index in [0.29, 0.717) is 28.1 Å². The maximum atomic E-state index is 12.2. The quantitative estimate of drug-likeness (QED) is 0.468. The lowest BCUT2D eigenvalue weighted by molar-refractivity contribution is 0.0950. The summed E-state index contributed by atoms with van der Waals surface area (Å²) in [7, 11) is 0. The zero-order chi connectivity index (χ0) is 19.2. The van der Waals surface area contributed by atoms with Crippen molar-refractivity contribution in [3.8, 4) is 17.0 Å². The molecule has 1 heterocycles. The number of amides is 1. The number of rotatable bonds is 6. The Balaban J connectivity index is 1.69. The highest BCUT2D eigenvalue weighted by Gasteiger charge is 2.11. The third-order valence-corrected chi connectivity index (χ3v) is 4.37. The molecule has 1 amide bonds. The van der Waals surface area contributed by atoms with E-state index >= 15 is 0 Å². The normalized spacial score (nSPS) is 10.9. The lowest BCUT2D eigenvalue weighted by atomic mass is 10.1. The Labute approximate surface area is 166 Å². The number of hydrogen-bond acceptors (Lipinski definition) is 4. The van der Waals surface area contributed by atoms with Crippen molar-refractivity contribution in [3.63, 3.8) is 0 Å². The summed E-state index contributed by atoms with van der Waals surface area (Å²) in [5.41, 5.74) is 4.81. The minimum Gasteiger partial charge on any atom is -0.493 e. The van der Waals surface area contributed by atoms with Crippen molar-refractivity contribution in [1.29, 1.82) is 0 Å². The third kappa shape index (κ3) is 4.67. The van der Waals surface area contributed by atoms with Crippen LogP contribution in [-0.4, -0.2) is 28.9 Å². The molecule has 0 atom stereocenters.